The molecular formula is C15H26N2O. The summed E-state index contributed by atoms with van der Waals surface area (Å²) in [5, 5.41) is 0. The first kappa shape index (κ1) is 15.0. The Kier molecular flexibility index (Phi) is 5.60. The van der Waals surface area contributed by atoms with Crippen molar-refractivity contribution >= 4 is 0 Å². The summed E-state index contributed by atoms with van der Waals surface area (Å²) in [7, 11) is 1.71. The summed E-state index contributed by atoms with van der Waals surface area (Å²) in [5.74, 6) is 1.61. The summed E-state index contributed by atoms with van der Waals surface area (Å²) < 4.78 is 5.42. The molecule has 0 aliphatic carbocycles. The first-order valence-electron chi connectivity index (χ1n) is 6.70. The fraction of sp³-hybridized carbons (Fsp3) is 0.667. The normalized spacial score (nSPS) is 12.8. The summed E-state index contributed by atoms with van der Waals surface area (Å²) in [5.41, 5.74) is 9.46. The highest BCUT2D eigenvalue weighted by molar-refractivity contribution is 5.41. The highest BCUT2D eigenvalue weighted by Gasteiger charge is 2.11. The molecule has 0 spiro atoms. The van der Waals surface area contributed by atoms with Gasteiger partial charge >= 0.3 is 0 Å². The Hall–Kier alpha value is -1.09. The summed E-state index contributed by atoms with van der Waals surface area (Å²) >= 11 is 0. The molecule has 1 aromatic rings. The van der Waals surface area contributed by atoms with Crippen LogP contribution in [0, 0.1) is 19.8 Å². The van der Waals surface area contributed by atoms with Crippen LogP contribution >= 0.6 is 0 Å². The number of pyridine rings is 1. The third kappa shape index (κ3) is 3.98. The van der Waals surface area contributed by atoms with Crippen molar-refractivity contribution in [1.29, 1.82) is 0 Å². The van der Waals surface area contributed by atoms with Crippen LogP contribution in [0.15, 0.2) is 6.20 Å². The number of hydrogen-bond acceptors (Lipinski definition) is 3. The van der Waals surface area contributed by atoms with E-state index in [1.807, 2.05) is 13.1 Å². The Bertz CT molecular complexity index is 388. The van der Waals surface area contributed by atoms with E-state index in [1.165, 1.54) is 0 Å². The minimum atomic E-state index is 0.262. The third-order valence-electron chi connectivity index (χ3n) is 3.28. The van der Waals surface area contributed by atoms with Crippen molar-refractivity contribution in [1.82, 2.24) is 4.98 Å². The van der Waals surface area contributed by atoms with Gasteiger partial charge in [0.15, 0.2) is 0 Å². The summed E-state index contributed by atoms with van der Waals surface area (Å²) in [6, 6.07) is 0.262. The molecule has 102 valence electrons. The highest BCUT2D eigenvalue weighted by Crippen LogP contribution is 2.25. The Balaban J connectivity index is 2.68. The van der Waals surface area contributed by atoms with Gasteiger partial charge in [0.2, 0.25) is 0 Å². The van der Waals surface area contributed by atoms with Gasteiger partial charge in [0.25, 0.3) is 0 Å². The van der Waals surface area contributed by atoms with Crippen molar-refractivity contribution in [3.63, 3.8) is 0 Å². The summed E-state index contributed by atoms with van der Waals surface area (Å²) in [4.78, 5) is 4.50. The molecule has 1 rings (SSSR count). The van der Waals surface area contributed by atoms with Crippen molar-refractivity contribution in [2.75, 3.05) is 7.11 Å². The van der Waals surface area contributed by atoms with Crippen LogP contribution in [0.3, 0.4) is 0 Å². The monoisotopic (exact) mass is 250 g/mol. The van der Waals surface area contributed by atoms with E-state index in [0.29, 0.717) is 5.92 Å². The van der Waals surface area contributed by atoms with Gasteiger partial charge in [0, 0.05) is 29.1 Å². The van der Waals surface area contributed by atoms with Crippen LogP contribution in [0.5, 0.6) is 5.75 Å². The van der Waals surface area contributed by atoms with Crippen molar-refractivity contribution < 1.29 is 4.74 Å². The molecule has 18 heavy (non-hydrogen) atoms. The predicted octanol–water partition coefficient (Wildman–Crippen LogP) is 3.01. The van der Waals surface area contributed by atoms with Crippen LogP contribution in [0.1, 0.15) is 43.5 Å². The van der Waals surface area contributed by atoms with Crippen LogP contribution < -0.4 is 10.5 Å². The van der Waals surface area contributed by atoms with E-state index in [-0.39, 0.29) is 6.04 Å². The van der Waals surface area contributed by atoms with Gasteiger partial charge in [-0.15, -0.1) is 0 Å². The second-order valence-electron chi connectivity index (χ2n) is 5.47. The van der Waals surface area contributed by atoms with Crippen LogP contribution in [0.25, 0.3) is 0 Å². The molecule has 0 fully saturated rings. The van der Waals surface area contributed by atoms with Gasteiger partial charge in [0.1, 0.15) is 5.75 Å². The van der Waals surface area contributed by atoms with E-state index in [4.69, 9.17) is 10.5 Å². The van der Waals surface area contributed by atoms with Gasteiger partial charge in [-0.1, -0.05) is 13.8 Å². The van der Waals surface area contributed by atoms with Gasteiger partial charge in [0.05, 0.1) is 7.11 Å². The van der Waals surface area contributed by atoms with Crippen LogP contribution in [0.4, 0.5) is 0 Å². The highest BCUT2D eigenvalue weighted by atomic mass is 16.5. The number of aryl methyl sites for hydroxylation is 2. The first-order valence-corrected chi connectivity index (χ1v) is 6.70. The van der Waals surface area contributed by atoms with Gasteiger partial charge in [-0.05, 0) is 39.0 Å². The lowest BCUT2D eigenvalue weighted by atomic mass is 9.98. The molecule has 0 radical (unpaired) electrons. The zero-order chi connectivity index (χ0) is 13.7. The Labute approximate surface area is 111 Å². The maximum Gasteiger partial charge on any atom is 0.128 e. The van der Waals surface area contributed by atoms with Gasteiger partial charge in [-0.3, -0.25) is 4.98 Å². The van der Waals surface area contributed by atoms with E-state index >= 15 is 0 Å². The Morgan fingerprint density at radius 1 is 1.33 bits per heavy atom. The maximum atomic E-state index is 6.11. The van der Waals surface area contributed by atoms with Crippen LogP contribution in [-0.4, -0.2) is 18.1 Å². The van der Waals surface area contributed by atoms with E-state index in [0.717, 1.165) is 41.8 Å². The molecule has 0 amide bonds. The standard InChI is InChI=1S/C15H26N2O/c1-10(2)8-13(16)6-7-14-12(4)15(18-5)11(3)9-17-14/h9-10,13H,6-8,16H2,1-5H3. The summed E-state index contributed by atoms with van der Waals surface area (Å²) in [6.45, 7) is 8.51. The van der Waals surface area contributed by atoms with E-state index in [9.17, 15) is 0 Å². The minimum absolute atomic E-state index is 0.262. The summed E-state index contributed by atoms with van der Waals surface area (Å²) in [6.07, 6.45) is 4.87. The number of rotatable bonds is 6. The van der Waals surface area contributed by atoms with Crippen molar-refractivity contribution in [3.05, 3.63) is 23.0 Å². The topological polar surface area (TPSA) is 48.1 Å². The largest absolute Gasteiger partial charge is 0.496 e. The quantitative estimate of drug-likeness (QED) is 0.844. The molecule has 1 aromatic heterocycles. The molecule has 1 unspecified atom stereocenters. The van der Waals surface area contributed by atoms with E-state index in [2.05, 4.69) is 25.8 Å². The van der Waals surface area contributed by atoms with Gasteiger partial charge in [-0.2, -0.15) is 0 Å². The number of ether oxygens (including phenoxy) is 1. The lowest BCUT2D eigenvalue weighted by Crippen LogP contribution is -2.23. The van der Waals surface area contributed by atoms with Crippen molar-refractivity contribution in [2.45, 2.75) is 53.0 Å². The number of methoxy groups -OCH3 is 1. The molecule has 0 saturated heterocycles. The Morgan fingerprint density at radius 3 is 2.56 bits per heavy atom. The molecule has 0 aliphatic rings. The number of nitrogens with zero attached hydrogens (tertiary/aromatic N) is 1. The smallest absolute Gasteiger partial charge is 0.128 e. The molecule has 0 aromatic carbocycles. The van der Waals surface area contributed by atoms with Crippen molar-refractivity contribution in [3.8, 4) is 5.75 Å². The average molecular weight is 250 g/mol. The SMILES string of the molecule is COc1c(C)cnc(CCC(N)CC(C)C)c1C. The third-order valence-corrected chi connectivity index (χ3v) is 3.28. The zero-order valence-electron chi connectivity index (χ0n) is 12.3. The van der Waals surface area contributed by atoms with E-state index < -0.39 is 0 Å². The maximum absolute atomic E-state index is 6.11. The second kappa shape index (κ2) is 6.74. The zero-order valence-corrected chi connectivity index (χ0v) is 12.3. The molecule has 3 nitrogen and oxygen atoms in total. The first-order chi connectivity index (χ1) is 8.45. The van der Waals surface area contributed by atoms with Crippen molar-refractivity contribution in [2.24, 2.45) is 11.7 Å². The number of nitrogens with two attached hydrogens (primary N) is 1. The molecule has 2 N–H and O–H groups in total. The number of aromatic nitrogens is 1. The minimum Gasteiger partial charge on any atom is -0.496 e. The van der Waals surface area contributed by atoms with Gasteiger partial charge in [-0.25, -0.2) is 0 Å². The molecule has 0 saturated carbocycles. The molecular weight excluding hydrogens is 224 g/mol. The molecule has 1 heterocycles. The predicted molar refractivity (Wildman–Crippen MR) is 76.0 cm³/mol. The lowest BCUT2D eigenvalue weighted by Gasteiger charge is -2.16. The molecule has 1 atom stereocenters. The van der Waals surface area contributed by atoms with Gasteiger partial charge < -0.3 is 10.5 Å². The molecule has 0 bridgehead atoms. The fourth-order valence-electron chi connectivity index (χ4n) is 2.37. The van der Waals surface area contributed by atoms with Crippen LogP contribution in [0.2, 0.25) is 0 Å². The fourth-order valence-corrected chi connectivity index (χ4v) is 2.37. The average Bonchev–Trinajstić information content (AvgIpc) is 2.27. The molecule has 0 aliphatic heterocycles. The Morgan fingerprint density at radius 2 is 2.00 bits per heavy atom. The van der Waals surface area contributed by atoms with Crippen LogP contribution in [-0.2, 0) is 6.42 Å². The number of hydrogen-bond donors (Lipinski definition) is 1. The second-order valence-corrected chi connectivity index (χ2v) is 5.47. The molecule has 3 heteroatoms. The van der Waals surface area contributed by atoms with E-state index in [1.54, 1.807) is 7.11 Å². The lowest BCUT2D eigenvalue weighted by molar-refractivity contribution is 0.406.